The van der Waals surface area contributed by atoms with E-state index in [0.717, 1.165) is 26.2 Å². The molecule has 0 aromatic heterocycles. The van der Waals surface area contributed by atoms with Crippen LogP contribution in [0.4, 0.5) is 5.69 Å². The van der Waals surface area contributed by atoms with Gasteiger partial charge in [0.15, 0.2) is 0 Å². The van der Waals surface area contributed by atoms with Gasteiger partial charge < -0.3 is 4.90 Å². The fourth-order valence-electron chi connectivity index (χ4n) is 3.64. The molecule has 1 aromatic rings. The van der Waals surface area contributed by atoms with Crippen LogP contribution >= 0.6 is 0 Å². The molecule has 1 saturated heterocycles. The second kappa shape index (κ2) is 6.62. The highest BCUT2D eigenvalue weighted by Crippen LogP contribution is 2.40. The molecule has 0 N–H and O–H groups in total. The molecule has 1 heterocycles. The Bertz CT molecular complexity index is 465. The van der Waals surface area contributed by atoms with Gasteiger partial charge in [-0.05, 0) is 44.7 Å². The maximum Gasteiger partial charge on any atom is 0.0367 e. The van der Waals surface area contributed by atoms with Gasteiger partial charge in [0.05, 0.1) is 0 Å². The topological polar surface area (TPSA) is 6.48 Å². The van der Waals surface area contributed by atoms with Crippen molar-refractivity contribution in [3.05, 3.63) is 29.8 Å². The van der Waals surface area contributed by atoms with E-state index in [1.807, 2.05) is 0 Å². The minimum Gasteiger partial charge on any atom is -0.369 e. The van der Waals surface area contributed by atoms with Crippen molar-refractivity contribution in [3.63, 3.8) is 0 Å². The summed E-state index contributed by atoms with van der Waals surface area (Å²) in [4.78, 5) is 5.23. The predicted octanol–water partition coefficient (Wildman–Crippen LogP) is 4.72. The number of hydrogen-bond acceptors (Lipinski definition) is 2. The first-order chi connectivity index (χ1) is 10.3. The molecule has 0 aliphatic carbocycles. The smallest absolute Gasteiger partial charge is 0.0367 e. The second-order valence-electron chi connectivity index (χ2n) is 8.00. The molecular weight excluding hydrogens is 268 g/mol. The van der Waals surface area contributed by atoms with Gasteiger partial charge in [0, 0.05) is 37.4 Å². The van der Waals surface area contributed by atoms with E-state index in [0.29, 0.717) is 5.41 Å². The van der Waals surface area contributed by atoms with E-state index in [2.05, 4.69) is 75.6 Å². The zero-order valence-corrected chi connectivity index (χ0v) is 15.4. The van der Waals surface area contributed by atoms with E-state index in [9.17, 15) is 0 Å². The molecular formula is C20H34N2. The van der Waals surface area contributed by atoms with Crippen molar-refractivity contribution < 1.29 is 0 Å². The summed E-state index contributed by atoms with van der Waals surface area (Å²) < 4.78 is 0. The first-order valence-electron chi connectivity index (χ1n) is 8.84. The number of nitrogens with zero attached hydrogens (tertiary/aromatic N) is 2. The average Bonchev–Trinajstić information content (AvgIpc) is 2.48. The highest BCUT2D eigenvalue weighted by molar-refractivity contribution is 5.47. The third-order valence-corrected chi connectivity index (χ3v) is 6.00. The quantitative estimate of drug-likeness (QED) is 0.776. The second-order valence-corrected chi connectivity index (χ2v) is 8.00. The third kappa shape index (κ3) is 3.48. The SMILES string of the molecule is CCCC(C)(C)C(C)(C)N1CCN(c2ccc(C)cc2)CC1. The summed E-state index contributed by atoms with van der Waals surface area (Å²) in [5.41, 5.74) is 3.32. The normalized spacial score (nSPS) is 17.8. The summed E-state index contributed by atoms with van der Waals surface area (Å²) in [7, 11) is 0. The minimum atomic E-state index is 0.252. The van der Waals surface area contributed by atoms with Crippen LogP contribution < -0.4 is 4.90 Å². The van der Waals surface area contributed by atoms with Gasteiger partial charge in [0.1, 0.15) is 0 Å². The molecule has 2 rings (SSSR count). The lowest BCUT2D eigenvalue weighted by atomic mass is 9.70. The van der Waals surface area contributed by atoms with Crippen LogP contribution in [0, 0.1) is 12.3 Å². The zero-order chi connectivity index (χ0) is 16.4. The summed E-state index contributed by atoms with van der Waals surface area (Å²) >= 11 is 0. The first-order valence-corrected chi connectivity index (χ1v) is 8.84. The molecule has 124 valence electrons. The monoisotopic (exact) mass is 302 g/mol. The number of hydrogen-bond donors (Lipinski definition) is 0. The molecule has 1 aromatic carbocycles. The highest BCUT2D eigenvalue weighted by Gasteiger charge is 2.41. The van der Waals surface area contributed by atoms with Gasteiger partial charge in [-0.2, -0.15) is 0 Å². The fraction of sp³-hybridized carbons (Fsp3) is 0.700. The van der Waals surface area contributed by atoms with E-state index < -0.39 is 0 Å². The molecule has 2 heteroatoms. The van der Waals surface area contributed by atoms with Crippen LogP contribution in [0.5, 0.6) is 0 Å². The number of aryl methyl sites for hydroxylation is 1. The van der Waals surface area contributed by atoms with Crippen molar-refractivity contribution >= 4 is 5.69 Å². The Morgan fingerprint density at radius 2 is 1.45 bits per heavy atom. The molecule has 0 atom stereocenters. The zero-order valence-electron chi connectivity index (χ0n) is 15.4. The summed E-state index contributed by atoms with van der Waals surface area (Å²) in [6.45, 7) is 18.8. The van der Waals surface area contributed by atoms with Crippen LogP contribution in [0.2, 0.25) is 0 Å². The lowest BCUT2D eigenvalue weighted by Gasteiger charge is -2.52. The molecule has 0 radical (unpaired) electrons. The molecule has 0 unspecified atom stereocenters. The van der Waals surface area contributed by atoms with Crippen molar-refractivity contribution in [1.82, 2.24) is 4.90 Å². The van der Waals surface area contributed by atoms with E-state index in [-0.39, 0.29) is 5.54 Å². The Morgan fingerprint density at radius 3 is 1.95 bits per heavy atom. The number of anilines is 1. The van der Waals surface area contributed by atoms with Crippen LogP contribution in [0.25, 0.3) is 0 Å². The van der Waals surface area contributed by atoms with E-state index >= 15 is 0 Å². The van der Waals surface area contributed by atoms with Crippen molar-refractivity contribution in [3.8, 4) is 0 Å². The number of rotatable bonds is 5. The summed E-state index contributed by atoms with van der Waals surface area (Å²) in [6, 6.07) is 8.96. The number of benzene rings is 1. The Kier molecular flexibility index (Phi) is 5.21. The Morgan fingerprint density at radius 1 is 0.909 bits per heavy atom. The minimum absolute atomic E-state index is 0.252. The fourth-order valence-corrected chi connectivity index (χ4v) is 3.64. The molecule has 2 nitrogen and oxygen atoms in total. The van der Waals surface area contributed by atoms with Gasteiger partial charge in [0.25, 0.3) is 0 Å². The van der Waals surface area contributed by atoms with E-state index in [4.69, 9.17) is 0 Å². The molecule has 0 spiro atoms. The van der Waals surface area contributed by atoms with Crippen molar-refractivity contribution in [2.45, 2.75) is 59.9 Å². The molecule has 1 aliphatic heterocycles. The van der Waals surface area contributed by atoms with Crippen molar-refractivity contribution in [2.24, 2.45) is 5.41 Å². The Balaban J connectivity index is 2.00. The first kappa shape index (κ1) is 17.3. The molecule has 0 amide bonds. The molecule has 0 bridgehead atoms. The lowest BCUT2D eigenvalue weighted by molar-refractivity contribution is 0.00152. The highest BCUT2D eigenvalue weighted by atomic mass is 15.3. The van der Waals surface area contributed by atoms with Gasteiger partial charge in [-0.25, -0.2) is 0 Å². The van der Waals surface area contributed by atoms with Crippen molar-refractivity contribution in [1.29, 1.82) is 0 Å². The summed E-state index contributed by atoms with van der Waals surface area (Å²) in [6.07, 6.45) is 2.55. The van der Waals surface area contributed by atoms with Crippen LogP contribution in [-0.4, -0.2) is 36.6 Å². The van der Waals surface area contributed by atoms with Gasteiger partial charge in [0.2, 0.25) is 0 Å². The van der Waals surface area contributed by atoms with Crippen LogP contribution in [0.15, 0.2) is 24.3 Å². The van der Waals surface area contributed by atoms with Gasteiger partial charge in [-0.1, -0.05) is 44.9 Å². The van der Waals surface area contributed by atoms with Crippen LogP contribution in [0.1, 0.15) is 53.0 Å². The maximum absolute atomic E-state index is 2.70. The van der Waals surface area contributed by atoms with E-state index in [1.54, 1.807) is 0 Å². The predicted molar refractivity (Wildman–Crippen MR) is 97.7 cm³/mol. The Hall–Kier alpha value is -1.02. The van der Waals surface area contributed by atoms with E-state index in [1.165, 1.54) is 24.1 Å². The molecule has 22 heavy (non-hydrogen) atoms. The van der Waals surface area contributed by atoms with Crippen molar-refractivity contribution in [2.75, 3.05) is 31.1 Å². The van der Waals surface area contributed by atoms with Gasteiger partial charge in [-0.15, -0.1) is 0 Å². The third-order valence-electron chi connectivity index (χ3n) is 6.00. The number of piperazine rings is 1. The molecule has 0 saturated carbocycles. The van der Waals surface area contributed by atoms with Crippen LogP contribution in [-0.2, 0) is 0 Å². The maximum atomic E-state index is 2.70. The van der Waals surface area contributed by atoms with Gasteiger partial charge in [-0.3, -0.25) is 4.90 Å². The standard InChI is InChI=1S/C20H34N2/c1-7-12-19(3,4)20(5,6)22-15-13-21(14-16-22)18-10-8-17(2)9-11-18/h8-11H,7,12-16H2,1-6H3. The van der Waals surface area contributed by atoms with Gasteiger partial charge >= 0.3 is 0 Å². The lowest BCUT2D eigenvalue weighted by Crippen LogP contribution is -2.60. The largest absolute Gasteiger partial charge is 0.369 e. The summed E-state index contributed by atoms with van der Waals surface area (Å²) in [5.74, 6) is 0. The Labute approximate surface area is 137 Å². The summed E-state index contributed by atoms with van der Waals surface area (Å²) in [5, 5.41) is 0. The molecule has 1 aliphatic rings. The van der Waals surface area contributed by atoms with Crippen LogP contribution in [0.3, 0.4) is 0 Å². The average molecular weight is 303 g/mol. The molecule has 1 fully saturated rings.